The smallest absolute Gasteiger partial charge is 0 e. The van der Waals surface area contributed by atoms with Crippen LogP contribution >= 0.6 is 0 Å². The molecule has 0 aromatic carbocycles. The zero-order valence-electron chi connectivity index (χ0n) is 2.11. The summed E-state index contributed by atoms with van der Waals surface area (Å²) in [7, 11) is 0. The predicted molar refractivity (Wildman–Crippen MR) is 17.3 cm³/mol. The van der Waals surface area contributed by atoms with Crippen LogP contribution in [0.25, 0.3) is 0 Å². The molecular weight excluding hydrogens is 267 g/mol. The van der Waals surface area contributed by atoms with Gasteiger partial charge in [0.25, 0.3) is 0 Å². The fourth-order valence-corrected chi connectivity index (χ4v) is 0. The molecular formula is Al3Re. The molecule has 0 fully saturated rings. The molecule has 0 rings (SSSR count). The molecule has 0 bridgehead atoms. The van der Waals surface area contributed by atoms with Crippen LogP contribution in [0.4, 0.5) is 0 Å². The first-order chi connectivity index (χ1) is 0. The Morgan fingerprint density at radius 2 is 0.500 bits per heavy atom. The van der Waals surface area contributed by atoms with Crippen molar-refractivity contribution in [3.63, 3.8) is 0 Å². The van der Waals surface area contributed by atoms with E-state index in [1.54, 1.807) is 0 Å². The van der Waals surface area contributed by atoms with E-state index in [4.69, 9.17) is 0 Å². The maximum absolute atomic E-state index is 0. The van der Waals surface area contributed by atoms with Gasteiger partial charge in [0.15, 0.2) is 0 Å². The third kappa shape index (κ3) is 8.86. The van der Waals surface area contributed by atoms with Crippen LogP contribution in [0.1, 0.15) is 0 Å². The van der Waals surface area contributed by atoms with Crippen LogP contribution in [-0.2, 0) is 20.4 Å². The minimum absolute atomic E-state index is 0. The second-order valence-electron chi connectivity index (χ2n) is 0. The molecule has 0 amide bonds. The maximum Gasteiger partial charge on any atom is 0 e. The third-order valence-electron chi connectivity index (χ3n) is 0. The van der Waals surface area contributed by atoms with E-state index in [2.05, 4.69) is 0 Å². The molecule has 16 valence electrons. The molecule has 0 heterocycles. The average Bonchev–Trinajstić information content (AvgIpc) is 0. The Morgan fingerprint density at radius 3 is 0.500 bits per heavy atom. The summed E-state index contributed by atoms with van der Waals surface area (Å²) in [6.07, 6.45) is 0. The van der Waals surface area contributed by atoms with Crippen LogP contribution in [0.15, 0.2) is 0 Å². The molecule has 0 aliphatic carbocycles. The molecule has 4 heteroatoms. The van der Waals surface area contributed by atoms with Crippen molar-refractivity contribution in [1.82, 2.24) is 0 Å². The van der Waals surface area contributed by atoms with Crippen molar-refractivity contribution in [2.75, 3.05) is 0 Å². The number of hydrogen-bond donors (Lipinski definition) is 0. The largest absolute Gasteiger partial charge is 0 e. The number of hydrogen-bond acceptors (Lipinski definition) is 0. The van der Waals surface area contributed by atoms with Gasteiger partial charge in [-0.05, 0) is 0 Å². The fourth-order valence-electron chi connectivity index (χ4n) is 0. The first kappa shape index (κ1) is 33.9. The van der Waals surface area contributed by atoms with Crippen molar-refractivity contribution in [2.45, 2.75) is 0 Å². The van der Waals surface area contributed by atoms with Gasteiger partial charge in [0.1, 0.15) is 0 Å². The average molecular weight is 267 g/mol. The van der Waals surface area contributed by atoms with Crippen molar-refractivity contribution < 1.29 is 20.4 Å². The first-order valence-electron chi connectivity index (χ1n) is 0. The summed E-state index contributed by atoms with van der Waals surface area (Å²) in [6.45, 7) is 0. The second kappa shape index (κ2) is 18.7. The van der Waals surface area contributed by atoms with E-state index in [-0.39, 0.29) is 72.5 Å². The Labute approximate surface area is 71.8 Å². The van der Waals surface area contributed by atoms with Gasteiger partial charge in [-0.15, -0.1) is 0 Å². The molecule has 0 unspecified atom stereocenters. The Hall–Kier alpha value is 2.26. The van der Waals surface area contributed by atoms with E-state index in [1.165, 1.54) is 0 Å². The summed E-state index contributed by atoms with van der Waals surface area (Å²) in [4.78, 5) is 0. The standard InChI is InChI=1S/3Al.Re. The van der Waals surface area contributed by atoms with Crippen LogP contribution in [0.2, 0.25) is 0 Å². The zero-order chi connectivity index (χ0) is 0. The Morgan fingerprint density at radius 1 is 0.500 bits per heavy atom. The van der Waals surface area contributed by atoms with Crippen LogP contribution in [0.3, 0.4) is 0 Å². The summed E-state index contributed by atoms with van der Waals surface area (Å²) in [5.74, 6) is 0. The predicted octanol–water partition coefficient (Wildman–Crippen LogP) is -1.14. The van der Waals surface area contributed by atoms with E-state index in [0.29, 0.717) is 0 Å². The Balaban J connectivity index is 0. The van der Waals surface area contributed by atoms with Gasteiger partial charge in [-0.3, -0.25) is 0 Å². The van der Waals surface area contributed by atoms with E-state index < -0.39 is 0 Å². The van der Waals surface area contributed by atoms with Crippen molar-refractivity contribution in [1.29, 1.82) is 0 Å². The van der Waals surface area contributed by atoms with Crippen LogP contribution in [0, 0.1) is 0 Å². The van der Waals surface area contributed by atoms with Gasteiger partial charge >= 0.3 is 0 Å². The molecule has 0 atom stereocenters. The summed E-state index contributed by atoms with van der Waals surface area (Å²) >= 11 is 0. The Kier molecular flexibility index (Phi) is 158. The normalized spacial score (nSPS) is 0. The van der Waals surface area contributed by atoms with E-state index >= 15 is 0 Å². The molecule has 0 N–H and O–H groups in total. The number of rotatable bonds is 0. The third-order valence-corrected chi connectivity index (χ3v) is 0. The van der Waals surface area contributed by atoms with Gasteiger partial charge in [0.2, 0.25) is 0 Å². The molecule has 0 spiro atoms. The molecule has 10 radical (unpaired) electrons. The Bertz CT molecular complexity index is 3.25. The molecule has 0 aliphatic rings. The molecule has 0 aromatic rings. The van der Waals surface area contributed by atoms with Gasteiger partial charge in [-0.25, -0.2) is 0 Å². The fraction of sp³-hybridized carbons (Fsp3) is 0. The second-order valence-corrected chi connectivity index (χ2v) is 0. The van der Waals surface area contributed by atoms with Crippen molar-refractivity contribution in [3.8, 4) is 0 Å². The van der Waals surface area contributed by atoms with Gasteiger partial charge in [-0.2, -0.15) is 0 Å². The summed E-state index contributed by atoms with van der Waals surface area (Å²) in [5, 5.41) is 0. The van der Waals surface area contributed by atoms with E-state index in [1.807, 2.05) is 0 Å². The molecule has 0 aliphatic heterocycles. The van der Waals surface area contributed by atoms with Gasteiger partial charge in [0, 0.05) is 72.5 Å². The van der Waals surface area contributed by atoms with E-state index in [9.17, 15) is 0 Å². The van der Waals surface area contributed by atoms with Crippen molar-refractivity contribution in [3.05, 3.63) is 0 Å². The van der Waals surface area contributed by atoms with E-state index in [0.717, 1.165) is 0 Å². The topological polar surface area (TPSA) is 0 Å². The monoisotopic (exact) mass is 268 g/mol. The zero-order valence-corrected chi connectivity index (χ0v) is 8.29. The summed E-state index contributed by atoms with van der Waals surface area (Å²) in [6, 6.07) is 0. The summed E-state index contributed by atoms with van der Waals surface area (Å²) < 4.78 is 0. The van der Waals surface area contributed by atoms with Gasteiger partial charge in [0.05, 0.1) is 0 Å². The minimum atomic E-state index is 0. The van der Waals surface area contributed by atoms with Crippen molar-refractivity contribution >= 4 is 52.1 Å². The maximum atomic E-state index is 0. The molecule has 0 saturated heterocycles. The van der Waals surface area contributed by atoms with Crippen LogP contribution in [0.5, 0.6) is 0 Å². The minimum Gasteiger partial charge on any atom is 0 e. The first-order valence-corrected chi connectivity index (χ1v) is 0. The van der Waals surface area contributed by atoms with Gasteiger partial charge < -0.3 is 0 Å². The van der Waals surface area contributed by atoms with Gasteiger partial charge in [-0.1, -0.05) is 0 Å². The van der Waals surface area contributed by atoms with Crippen molar-refractivity contribution in [2.24, 2.45) is 0 Å². The molecule has 0 nitrogen and oxygen atoms in total. The van der Waals surface area contributed by atoms with Crippen LogP contribution in [-0.4, -0.2) is 52.1 Å². The summed E-state index contributed by atoms with van der Waals surface area (Å²) in [5.41, 5.74) is 0. The molecule has 0 saturated carbocycles. The van der Waals surface area contributed by atoms with Crippen LogP contribution < -0.4 is 0 Å². The SMILES string of the molecule is [Al].[Al].[Al].[Re]. The quantitative estimate of drug-likeness (QED) is 0.487. The molecule has 0 aromatic heterocycles. The molecule has 4 heavy (non-hydrogen) atoms.